The molecule has 0 amide bonds. The molecule has 0 fully saturated rings. The summed E-state index contributed by atoms with van der Waals surface area (Å²) in [5, 5.41) is 7.92. The summed E-state index contributed by atoms with van der Waals surface area (Å²) in [5.74, 6) is 0.309. The van der Waals surface area contributed by atoms with Crippen molar-refractivity contribution >= 4 is 22.9 Å². The Bertz CT molecular complexity index is 779. The van der Waals surface area contributed by atoms with E-state index in [1.165, 1.54) is 6.07 Å². The van der Waals surface area contributed by atoms with Crippen LogP contribution in [-0.4, -0.2) is 14.6 Å². The lowest BCUT2D eigenvalue weighted by Crippen LogP contribution is -2.11. The summed E-state index contributed by atoms with van der Waals surface area (Å²) in [4.78, 5) is 4.31. The number of hydrogen-bond acceptors (Lipinski definition) is 3. The second-order valence-electron chi connectivity index (χ2n) is 4.89. The van der Waals surface area contributed by atoms with Crippen molar-refractivity contribution in [1.29, 1.82) is 0 Å². The third-order valence-corrected chi connectivity index (χ3v) is 3.63. The van der Waals surface area contributed by atoms with Crippen LogP contribution in [0.15, 0.2) is 36.7 Å². The van der Waals surface area contributed by atoms with E-state index in [0.717, 1.165) is 11.2 Å². The molecule has 1 N–H and O–H groups in total. The van der Waals surface area contributed by atoms with Crippen molar-refractivity contribution in [3.05, 3.63) is 58.8 Å². The van der Waals surface area contributed by atoms with E-state index >= 15 is 0 Å². The van der Waals surface area contributed by atoms with Crippen molar-refractivity contribution in [2.24, 2.45) is 0 Å². The fourth-order valence-corrected chi connectivity index (χ4v) is 2.68. The Morgan fingerprint density at radius 3 is 2.95 bits per heavy atom. The molecule has 0 saturated heterocycles. The fourth-order valence-electron chi connectivity index (χ4n) is 2.36. The highest BCUT2D eigenvalue weighted by atomic mass is 35.5. The number of aryl methyl sites for hydroxylation is 1. The Kier molecular flexibility index (Phi) is 3.51. The molecule has 0 bridgehead atoms. The molecule has 1 atom stereocenters. The quantitative estimate of drug-likeness (QED) is 0.795. The summed E-state index contributed by atoms with van der Waals surface area (Å²) >= 11 is 6.09. The van der Waals surface area contributed by atoms with Gasteiger partial charge in [-0.2, -0.15) is 5.10 Å². The van der Waals surface area contributed by atoms with Crippen molar-refractivity contribution in [3.63, 3.8) is 0 Å². The largest absolute Gasteiger partial charge is 0.362 e. The first-order valence-electron chi connectivity index (χ1n) is 6.57. The predicted molar refractivity (Wildman–Crippen MR) is 81.2 cm³/mol. The number of fused-ring (bicyclic) bond motifs is 1. The van der Waals surface area contributed by atoms with E-state index < -0.39 is 0 Å². The molecule has 0 aliphatic carbocycles. The molecule has 1 unspecified atom stereocenters. The van der Waals surface area contributed by atoms with Crippen LogP contribution in [0.1, 0.15) is 24.2 Å². The van der Waals surface area contributed by atoms with E-state index in [2.05, 4.69) is 15.4 Å². The average molecular weight is 305 g/mol. The molecule has 21 heavy (non-hydrogen) atoms. The number of benzene rings is 1. The zero-order chi connectivity index (χ0) is 15.0. The molecule has 2 aromatic heterocycles. The number of nitrogens with zero attached hydrogens (tertiary/aromatic N) is 3. The summed E-state index contributed by atoms with van der Waals surface area (Å²) in [7, 11) is 0. The van der Waals surface area contributed by atoms with Crippen LogP contribution in [0.3, 0.4) is 0 Å². The Labute approximate surface area is 126 Å². The van der Waals surface area contributed by atoms with Crippen LogP contribution >= 0.6 is 11.6 Å². The molecule has 2 heterocycles. The average Bonchev–Trinajstić information content (AvgIpc) is 2.80. The van der Waals surface area contributed by atoms with E-state index in [-0.39, 0.29) is 11.9 Å². The highest BCUT2D eigenvalue weighted by Crippen LogP contribution is 2.29. The third kappa shape index (κ3) is 2.56. The summed E-state index contributed by atoms with van der Waals surface area (Å²) in [6, 6.07) is 6.27. The molecule has 4 nitrogen and oxygen atoms in total. The maximum Gasteiger partial charge on any atom is 0.152 e. The Balaban J connectivity index is 1.98. The molecule has 3 aromatic rings. The van der Waals surface area contributed by atoms with Gasteiger partial charge in [0, 0.05) is 23.0 Å². The SMILES string of the molecule is Cc1cc2c(NC(C)c3c(F)cccc3Cl)nccn2n1. The zero-order valence-electron chi connectivity index (χ0n) is 11.6. The van der Waals surface area contributed by atoms with Crippen LogP contribution in [0.25, 0.3) is 5.52 Å². The molecule has 108 valence electrons. The monoisotopic (exact) mass is 304 g/mol. The number of aromatic nitrogens is 3. The van der Waals surface area contributed by atoms with Crippen molar-refractivity contribution in [3.8, 4) is 0 Å². The fraction of sp³-hybridized carbons (Fsp3) is 0.200. The zero-order valence-corrected chi connectivity index (χ0v) is 12.4. The first-order valence-corrected chi connectivity index (χ1v) is 6.95. The number of nitrogens with one attached hydrogen (secondary N) is 1. The smallest absolute Gasteiger partial charge is 0.152 e. The molecular weight excluding hydrogens is 291 g/mol. The molecular formula is C15H14ClFN4. The number of anilines is 1. The summed E-state index contributed by atoms with van der Waals surface area (Å²) in [5.41, 5.74) is 2.16. The third-order valence-electron chi connectivity index (χ3n) is 3.30. The highest BCUT2D eigenvalue weighted by Gasteiger charge is 2.16. The minimum Gasteiger partial charge on any atom is -0.362 e. The van der Waals surface area contributed by atoms with Gasteiger partial charge in [-0.25, -0.2) is 13.9 Å². The molecule has 6 heteroatoms. The van der Waals surface area contributed by atoms with E-state index in [4.69, 9.17) is 11.6 Å². The van der Waals surface area contributed by atoms with Gasteiger partial charge in [0.1, 0.15) is 11.3 Å². The topological polar surface area (TPSA) is 42.2 Å². The van der Waals surface area contributed by atoms with Crippen LogP contribution in [0, 0.1) is 12.7 Å². The molecule has 0 radical (unpaired) electrons. The van der Waals surface area contributed by atoms with Crippen molar-refractivity contribution in [2.75, 3.05) is 5.32 Å². The Morgan fingerprint density at radius 1 is 1.38 bits per heavy atom. The molecule has 1 aromatic carbocycles. The highest BCUT2D eigenvalue weighted by molar-refractivity contribution is 6.31. The van der Waals surface area contributed by atoms with Gasteiger partial charge in [0.2, 0.25) is 0 Å². The minimum absolute atomic E-state index is 0.312. The Morgan fingerprint density at radius 2 is 2.19 bits per heavy atom. The second-order valence-corrected chi connectivity index (χ2v) is 5.30. The van der Waals surface area contributed by atoms with Gasteiger partial charge in [-0.3, -0.25) is 0 Å². The maximum atomic E-state index is 14.0. The molecule has 0 aliphatic heterocycles. The number of hydrogen-bond donors (Lipinski definition) is 1. The van der Waals surface area contributed by atoms with Gasteiger partial charge in [-0.05, 0) is 32.0 Å². The number of rotatable bonds is 3. The van der Waals surface area contributed by atoms with Gasteiger partial charge in [0.15, 0.2) is 5.82 Å². The summed E-state index contributed by atoms with van der Waals surface area (Å²) in [6.07, 6.45) is 3.42. The van der Waals surface area contributed by atoms with Gasteiger partial charge in [-0.1, -0.05) is 17.7 Å². The molecule has 0 aliphatic rings. The van der Waals surface area contributed by atoms with E-state index in [9.17, 15) is 4.39 Å². The molecule has 3 rings (SSSR count). The molecule has 0 saturated carbocycles. The van der Waals surface area contributed by atoms with Crippen LogP contribution in [0.2, 0.25) is 5.02 Å². The van der Waals surface area contributed by atoms with Crippen LogP contribution in [0.5, 0.6) is 0 Å². The van der Waals surface area contributed by atoms with Crippen LogP contribution < -0.4 is 5.32 Å². The lowest BCUT2D eigenvalue weighted by molar-refractivity contribution is 0.600. The van der Waals surface area contributed by atoms with Crippen molar-refractivity contribution in [2.45, 2.75) is 19.9 Å². The summed E-state index contributed by atoms with van der Waals surface area (Å²) < 4.78 is 15.7. The first-order chi connectivity index (χ1) is 10.1. The maximum absolute atomic E-state index is 14.0. The minimum atomic E-state index is -0.334. The van der Waals surface area contributed by atoms with E-state index in [1.807, 2.05) is 19.9 Å². The standard InChI is InChI=1S/C15H14ClFN4/c1-9-8-13-15(18-6-7-21(13)20-9)19-10(2)14-11(16)4-3-5-12(14)17/h3-8,10H,1-2H3,(H,18,19). The van der Waals surface area contributed by atoms with Gasteiger partial charge < -0.3 is 5.32 Å². The lowest BCUT2D eigenvalue weighted by atomic mass is 10.1. The van der Waals surface area contributed by atoms with E-state index in [1.54, 1.807) is 29.0 Å². The number of halogens is 2. The van der Waals surface area contributed by atoms with Crippen LogP contribution in [0.4, 0.5) is 10.2 Å². The lowest BCUT2D eigenvalue weighted by Gasteiger charge is -2.17. The summed E-state index contributed by atoms with van der Waals surface area (Å²) in [6.45, 7) is 3.76. The van der Waals surface area contributed by atoms with Crippen molar-refractivity contribution < 1.29 is 4.39 Å². The van der Waals surface area contributed by atoms with Gasteiger partial charge in [-0.15, -0.1) is 0 Å². The Hall–Kier alpha value is -2.14. The normalized spacial score (nSPS) is 12.6. The predicted octanol–water partition coefficient (Wildman–Crippen LogP) is 4.00. The van der Waals surface area contributed by atoms with Gasteiger partial charge in [0.05, 0.1) is 11.7 Å². The molecule has 0 spiro atoms. The van der Waals surface area contributed by atoms with Gasteiger partial charge in [0.25, 0.3) is 0 Å². The van der Waals surface area contributed by atoms with Gasteiger partial charge >= 0.3 is 0 Å². The van der Waals surface area contributed by atoms with Crippen molar-refractivity contribution in [1.82, 2.24) is 14.6 Å². The van der Waals surface area contributed by atoms with E-state index in [0.29, 0.717) is 16.4 Å². The first kappa shape index (κ1) is 13.8. The second kappa shape index (κ2) is 5.33. The van der Waals surface area contributed by atoms with Crippen LogP contribution in [-0.2, 0) is 0 Å².